The smallest absolute Gasteiger partial charge is 0.0914 e. The molecule has 0 saturated heterocycles. The summed E-state index contributed by atoms with van der Waals surface area (Å²) in [5, 5.41) is 0.781. The van der Waals surface area contributed by atoms with E-state index in [4.69, 9.17) is 16.3 Å². The predicted octanol–water partition coefficient (Wildman–Crippen LogP) is 5.27. The minimum Gasteiger partial charge on any atom is -0.373 e. The van der Waals surface area contributed by atoms with E-state index in [1.807, 2.05) is 18.2 Å². The van der Waals surface area contributed by atoms with E-state index in [0.717, 1.165) is 28.4 Å². The third-order valence-corrected chi connectivity index (χ3v) is 3.64. The molecule has 96 valence electrons. The zero-order valence-corrected chi connectivity index (χ0v) is 13.4. The Bertz CT molecular complexity index is 328. The Hall–Kier alpha value is 0.200. The van der Waals surface area contributed by atoms with E-state index >= 15 is 0 Å². The fraction of sp³-hybridized carbons (Fsp3) is 0.571. The zero-order chi connectivity index (χ0) is 12.7. The standard InChI is InChI=1S/C14H20ClIO/c1-11(2)5-4-8-17-14(10-16)12-6-3-7-13(15)9-12/h3,6-7,9,11,14H,4-5,8,10H2,1-2H3. The third kappa shape index (κ3) is 6.07. The molecule has 0 saturated carbocycles. The molecule has 3 heteroatoms. The number of alkyl halides is 1. The molecule has 0 amide bonds. The highest BCUT2D eigenvalue weighted by molar-refractivity contribution is 14.1. The van der Waals surface area contributed by atoms with Gasteiger partial charge in [-0.3, -0.25) is 0 Å². The van der Waals surface area contributed by atoms with Crippen molar-refractivity contribution in [3.05, 3.63) is 34.9 Å². The molecule has 17 heavy (non-hydrogen) atoms. The second kappa shape index (κ2) is 8.33. The van der Waals surface area contributed by atoms with E-state index in [9.17, 15) is 0 Å². The van der Waals surface area contributed by atoms with Crippen molar-refractivity contribution < 1.29 is 4.74 Å². The Morgan fingerprint density at radius 2 is 2.12 bits per heavy atom. The fourth-order valence-corrected chi connectivity index (χ4v) is 2.62. The second-order valence-corrected chi connectivity index (χ2v) is 5.92. The molecule has 0 N–H and O–H groups in total. The molecule has 0 aliphatic heterocycles. The highest BCUT2D eigenvalue weighted by atomic mass is 127. The number of halogens is 2. The summed E-state index contributed by atoms with van der Waals surface area (Å²) < 4.78 is 6.87. The van der Waals surface area contributed by atoms with E-state index in [0.29, 0.717) is 0 Å². The summed E-state index contributed by atoms with van der Waals surface area (Å²) in [5.41, 5.74) is 1.18. The molecule has 1 aromatic rings. The fourth-order valence-electron chi connectivity index (χ4n) is 1.65. The van der Waals surface area contributed by atoms with Crippen LogP contribution in [-0.4, -0.2) is 11.0 Å². The maximum Gasteiger partial charge on any atom is 0.0914 e. The lowest BCUT2D eigenvalue weighted by atomic mass is 10.1. The molecule has 1 rings (SSSR count). The van der Waals surface area contributed by atoms with Crippen LogP contribution in [0.1, 0.15) is 38.4 Å². The van der Waals surface area contributed by atoms with Crippen molar-refractivity contribution in [3.8, 4) is 0 Å². The summed E-state index contributed by atoms with van der Waals surface area (Å²) >= 11 is 8.35. The Balaban J connectivity index is 2.43. The summed E-state index contributed by atoms with van der Waals surface area (Å²) in [7, 11) is 0. The molecule has 0 aromatic heterocycles. The average molecular weight is 367 g/mol. The summed E-state index contributed by atoms with van der Waals surface area (Å²) in [4.78, 5) is 0. The predicted molar refractivity (Wildman–Crippen MR) is 83.1 cm³/mol. The minimum atomic E-state index is 0.168. The van der Waals surface area contributed by atoms with Gasteiger partial charge in [0.2, 0.25) is 0 Å². The molecule has 1 aromatic carbocycles. The topological polar surface area (TPSA) is 9.23 Å². The van der Waals surface area contributed by atoms with Gasteiger partial charge in [-0.05, 0) is 36.5 Å². The number of hydrogen-bond donors (Lipinski definition) is 0. The summed E-state index contributed by atoms with van der Waals surface area (Å²) in [6, 6.07) is 7.95. The van der Waals surface area contributed by atoms with Crippen molar-refractivity contribution in [2.75, 3.05) is 11.0 Å². The van der Waals surface area contributed by atoms with E-state index in [2.05, 4.69) is 42.5 Å². The summed E-state index contributed by atoms with van der Waals surface area (Å²) in [6.45, 7) is 5.32. The normalized spacial score (nSPS) is 13.0. The molecule has 1 atom stereocenters. The third-order valence-electron chi connectivity index (χ3n) is 2.61. The minimum absolute atomic E-state index is 0.168. The number of ether oxygens (including phenoxy) is 1. The molecule has 0 bridgehead atoms. The van der Waals surface area contributed by atoms with Gasteiger partial charge in [0, 0.05) is 16.1 Å². The van der Waals surface area contributed by atoms with Crippen LogP contribution >= 0.6 is 34.2 Å². The lowest BCUT2D eigenvalue weighted by Gasteiger charge is -2.16. The van der Waals surface area contributed by atoms with Crippen LogP contribution in [0, 0.1) is 5.92 Å². The van der Waals surface area contributed by atoms with Crippen LogP contribution in [0.25, 0.3) is 0 Å². The first-order valence-electron chi connectivity index (χ1n) is 6.06. The Morgan fingerprint density at radius 3 is 2.71 bits per heavy atom. The number of benzene rings is 1. The van der Waals surface area contributed by atoms with Crippen LogP contribution in [0.3, 0.4) is 0 Å². The number of hydrogen-bond acceptors (Lipinski definition) is 1. The molecule has 0 spiro atoms. The molecular weight excluding hydrogens is 347 g/mol. The first kappa shape index (κ1) is 15.3. The van der Waals surface area contributed by atoms with Crippen molar-refractivity contribution in [3.63, 3.8) is 0 Å². The quantitative estimate of drug-likeness (QED) is 0.363. The monoisotopic (exact) mass is 366 g/mol. The molecule has 0 aliphatic carbocycles. The molecule has 1 unspecified atom stereocenters. The van der Waals surface area contributed by atoms with Crippen LogP contribution in [0.5, 0.6) is 0 Å². The highest BCUT2D eigenvalue weighted by Gasteiger charge is 2.10. The van der Waals surface area contributed by atoms with Gasteiger partial charge in [0.25, 0.3) is 0 Å². The van der Waals surface area contributed by atoms with Crippen LogP contribution in [0.15, 0.2) is 24.3 Å². The molecule has 0 aliphatic rings. The average Bonchev–Trinajstić information content (AvgIpc) is 2.29. The first-order valence-corrected chi connectivity index (χ1v) is 7.97. The van der Waals surface area contributed by atoms with E-state index < -0.39 is 0 Å². The van der Waals surface area contributed by atoms with Gasteiger partial charge >= 0.3 is 0 Å². The van der Waals surface area contributed by atoms with Crippen molar-refractivity contribution in [1.82, 2.24) is 0 Å². The molecule has 1 nitrogen and oxygen atoms in total. The van der Waals surface area contributed by atoms with Gasteiger partial charge in [0.15, 0.2) is 0 Å². The highest BCUT2D eigenvalue weighted by Crippen LogP contribution is 2.23. The van der Waals surface area contributed by atoms with Gasteiger partial charge in [-0.15, -0.1) is 0 Å². The molecule has 0 heterocycles. The van der Waals surface area contributed by atoms with Crippen molar-refractivity contribution in [2.45, 2.75) is 32.8 Å². The van der Waals surface area contributed by atoms with Gasteiger partial charge in [-0.1, -0.05) is 60.2 Å². The van der Waals surface area contributed by atoms with E-state index in [1.54, 1.807) is 0 Å². The Kier molecular flexibility index (Phi) is 7.47. The van der Waals surface area contributed by atoms with Crippen molar-refractivity contribution in [2.24, 2.45) is 5.92 Å². The summed E-state index contributed by atoms with van der Waals surface area (Å²) in [5.74, 6) is 0.753. The first-order chi connectivity index (χ1) is 8.13. The van der Waals surface area contributed by atoms with Crippen molar-refractivity contribution >= 4 is 34.2 Å². The Morgan fingerprint density at radius 1 is 1.35 bits per heavy atom. The van der Waals surface area contributed by atoms with Crippen LogP contribution < -0.4 is 0 Å². The van der Waals surface area contributed by atoms with Gasteiger partial charge in [-0.2, -0.15) is 0 Å². The van der Waals surface area contributed by atoms with Crippen molar-refractivity contribution in [1.29, 1.82) is 0 Å². The summed E-state index contributed by atoms with van der Waals surface area (Å²) in [6.07, 6.45) is 2.52. The Labute approximate surface area is 123 Å². The van der Waals surface area contributed by atoms with Crippen LogP contribution in [-0.2, 0) is 4.74 Å². The van der Waals surface area contributed by atoms with Gasteiger partial charge in [0.05, 0.1) is 6.10 Å². The lowest BCUT2D eigenvalue weighted by molar-refractivity contribution is 0.0666. The molecule has 0 radical (unpaired) electrons. The van der Waals surface area contributed by atoms with Gasteiger partial charge < -0.3 is 4.74 Å². The number of rotatable bonds is 7. The maximum atomic E-state index is 5.99. The second-order valence-electron chi connectivity index (χ2n) is 4.60. The molecular formula is C14H20ClIO. The maximum absolute atomic E-state index is 5.99. The van der Waals surface area contributed by atoms with Crippen LogP contribution in [0.2, 0.25) is 5.02 Å². The van der Waals surface area contributed by atoms with Crippen LogP contribution in [0.4, 0.5) is 0 Å². The largest absolute Gasteiger partial charge is 0.373 e. The molecule has 0 fully saturated rings. The van der Waals surface area contributed by atoms with Gasteiger partial charge in [-0.25, -0.2) is 0 Å². The van der Waals surface area contributed by atoms with Gasteiger partial charge in [0.1, 0.15) is 0 Å². The van der Waals surface area contributed by atoms with E-state index in [-0.39, 0.29) is 6.10 Å². The van der Waals surface area contributed by atoms with E-state index in [1.165, 1.54) is 12.0 Å². The lowest BCUT2D eigenvalue weighted by Crippen LogP contribution is -2.07. The SMILES string of the molecule is CC(C)CCCOC(CI)c1cccc(Cl)c1. The zero-order valence-electron chi connectivity index (χ0n) is 10.5.